The van der Waals surface area contributed by atoms with E-state index in [2.05, 4.69) is 15.4 Å². The Labute approximate surface area is 123 Å². The van der Waals surface area contributed by atoms with Gasteiger partial charge in [0.1, 0.15) is 11.6 Å². The molecule has 1 unspecified atom stereocenters. The number of carbonyl (C=O) groups excluding carboxylic acids is 1. The van der Waals surface area contributed by atoms with E-state index < -0.39 is 0 Å². The van der Waals surface area contributed by atoms with Crippen LogP contribution in [0.5, 0.6) is 5.75 Å². The van der Waals surface area contributed by atoms with Crippen LogP contribution in [0.4, 0.5) is 5.95 Å². The molecule has 6 heteroatoms. The zero-order valence-corrected chi connectivity index (χ0v) is 12.2. The smallest absolute Gasteiger partial charge is 0.227 e. The van der Waals surface area contributed by atoms with Gasteiger partial charge in [0, 0.05) is 13.5 Å². The molecule has 110 valence electrons. The molecule has 2 heterocycles. The molecule has 6 nitrogen and oxygen atoms in total. The van der Waals surface area contributed by atoms with Gasteiger partial charge < -0.3 is 4.74 Å². The van der Waals surface area contributed by atoms with Gasteiger partial charge in [0.25, 0.3) is 0 Å². The van der Waals surface area contributed by atoms with E-state index >= 15 is 0 Å². The van der Waals surface area contributed by atoms with Crippen molar-refractivity contribution in [2.24, 2.45) is 7.05 Å². The van der Waals surface area contributed by atoms with Crippen LogP contribution in [0.1, 0.15) is 30.1 Å². The van der Waals surface area contributed by atoms with Crippen molar-refractivity contribution in [3.05, 3.63) is 35.7 Å². The Balaban J connectivity index is 1.70. The van der Waals surface area contributed by atoms with E-state index in [1.165, 1.54) is 0 Å². The number of hydrogen-bond acceptors (Lipinski definition) is 4. The van der Waals surface area contributed by atoms with Crippen molar-refractivity contribution in [1.82, 2.24) is 14.8 Å². The van der Waals surface area contributed by atoms with Crippen LogP contribution in [0, 0.1) is 6.92 Å². The van der Waals surface area contributed by atoms with Gasteiger partial charge in [-0.1, -0.05) is 18.2 Å². The molecule has 0 fully saturated rings. The number of aromatic nitrogens is 3. The second-order valence-corrected chi connectivity index (χ2v) is 5.23. The topological polar surface area (TPSA) is 69.0 Å². The number of fused-ring (bicyclic) bond motifs is 1. The Morgan fingerprint density at radius 1 is 1.48 bits per heavy atom. The molecule has 0 aliphatic carbocycles. The average molecular weight is 286 g/mol. The fraction of sp³-hybridized carbons (Fsp3) is 0.400. The van der Waals surface area contributed by atoms with Crippen molar-refractivity contribution in [3.8, 4) is 5.75 Å². The highest BCUT2D eigenvalue weighted by Gasteiger charge is 2.24. The molecule has 0 saturated carbocycles. The van der Waals surface area contributed by atoms with Crippen LogP contribution >= 0.6 is 0 Å². The van der Waals surface area contributed by atoms with Crippen molar-refractivity contribution in [3.63, 3.8) is 0 Å². The number of rotatable bonds is 3. The van der Waals surface area contributed by atoms with Crippen LogP contribution in [0.2, 0.25) is 0 Å². The molecule has 0 saturated heterocycles. The number of aryl methyl sites for hydroxylation is 2. The summed E-state index contributed by atoms with van der Waals surface area (Å²) in [6, 6.07) is 7.90. The standard InChI is InChI=1S/C15H18N4O2/c1-10-16-15(19(2)18-10)17-14(20)9-11-7-8-21-13-6-4-3-5-12(11)13/h3-6,11H,7-9H2,1-2H3,(H,16,17,18,20). The number of carbonyl (C=O) groups is 1. The maximum atomic E-state index is 12.2. The van der Waals surface area contributed by atoms with Crippen molar-refractivity contribution >= 4 is 11.9 Å². The maximum absolute atomic E-state index is 12.2. The number of amides is 1. The fourth-order valence-electron chi connectivity index (χ4n) is 2.65. The average Bonchev–Trinajstić information content (AvgIpc) is 2.77. The van der Waals surface area contributed by atoms with Crippen LogP contribution in [-0.4, -0.2) is 27.3 Å². The first-order chi connectivity index (χ1) is 10.1. The molecule has 1 aromatic heterocycles. The molecular formula is C15H18N4O2. The molecule has 0 spiro atoms. The van der Waals surface area contributed by atoms with E-state index in [1.807, 2.05) is 24.3 Å². The van der Waals surface area contributed by atoms with Crippen molar-refractivity contribution in [1.29, 1.82) is 0 Å². The lowest BCUT2D eigenvalue weighted by Crippen LogP contribution is -2.21. The monoisotopic (exact) mass is 286 g/mol. The Kier molecular flexibility index (Phi) is 3.60. The second kappa shape index (κ2) is 5.55. The number of hydrogen-bond donors (Lipinski definition) is 1. The fourth-order valence-corrected chi connectivity index (χ4v) is 2.65. The largest absolute Gasteiger partial charge is 0.493 e. The van der Waals surface area contributed by atoms with Gasteiger partial charge >= 0.3 is 0 Å². The van der Waals surface area contributed by atoms with E-state index in [0.717, 1.165) is 17.7 Å². The zero-order valence-electron chi connectivity index (χ0n) is 12.2. The van der Waals surface area contributed by atoms with Crippen LogP contribution in [0.15, 0.2) is 24.3 Å². The first-order valence-electron chi connectivity index (χ1n) is 7.02. The van der Waals surface area contributed by atoms with E-state index in [4.69, 9.17) is 4.74 Å². The first kappa shape index (κ1) is 13.6. The van der Waals surface area contributed by atoms with Crippen LogP contribution in [-0.2, 0) is 11.8 Å². The molecule has 1 aliphatic rings. The van der Waals surface area contributed by atoms with Gasteiger partial charge in [-0.2, -0.15) is 10.1 Å². The number of nitrogens with one attached hydrogen (secondary N) is 1. The number of para-hydroxylation sites is 1. The Morgan fingerprint density at radius 2 is 2.29 bits per heavy atom. The van der Waals surface area contributed by atoms with Crippen LogP contribution in [0.25, 0.3) is 0 Å². The molecule has 1 N–H and O–H groups in total. The molecule has 21 heavy (non-hydrogen) atoms. The van der Waals surface area contributed by atoms with Crippen molar-refractivity contribution in [2.45, 2.75) is 25.7 Å². The Morgan fingerprint density at radius 3 is 3.05 bits per heavy atom. The summed E-state index contributed by atoms with van der Waals surface area (Å²) in [6.07, 6.45) is 1.27. The summed E-state index contributed by atoms with van der Waals surface area (Å²) >= 11 is 0. The summed E-state index contributed by atoms with van der Waals surface area (Å²) < 4.78 is 7.19. The summed E-state index contributed by atoms with van der Waals surface area (Å²) in [7, 11) is 1.76. The van der Waals surface area contributed by atoms with Gasteiger partial charge in [-0.15, -0.1) is 0 Å². The lowest BCUT2D eigenvalue weighted by molar-refractivity contribution is -0.116. The molecule has 3 rings (SSSR count). The van der Waals surface area contributed by atoms with Gasteiger partial charge in [0.15, 0.2) is 0 Å². The molecule has 1 atom stereocenters. The normalized spacial score (nSPS) is 17.0. The number of anilines is 1. The van der Waals surface area contributed by atoms with Gasteiger partial charge in [0.2, 0.25) is 11.9 Å². The highest BCUT2D eigenvalue weighted by Crippen LogP contribution is 2.35. The van der Waals surface area contributed by atoms with E-state index in [0.29, 0.717) is 24.8 Å². The summed E-state index contributed by atoms with van der Waals surface area (Å²) in [4.78, 5) is 16.4. The third-order valence-electron chi connectivity index (χ3n) is 3.63. The van der Waals surface area contributed by atoms with E-state index in [1.54, 1.807) is 18.7 Å². The van der Waals surface area contributed by atoms with Gasteiger partial charge in [-0.25, -0.2) is 4.68 Å². The number of nitrogens with zero attached hydrogens (tertiary/aromatic N) is 3. The zero-order chi connectivity index (χ0) is 14.8. The van der Waals surface area contributed by atoms with Crippen LogP contribution in [0.3, 0.4) is 0 Å². The molecular weight excluding hydrogens is 268 g/mol. The van der Waals surface area contributed by atoms with Gasteiger partial charge in [0.05, 0.1) is 6.61 Å². The highest BCUT2D eigenvalue weighted by molar-refractivity contribution is 5.89. The maximum Gasteiger partial charge on any atom is 0.227 e. The number of benzene rings is 1. The predicted octanol–water partition coefficient (Wildman–Crippen LogP) is 2.02. The molecule has 0 bridgehead atoms. The van der Waals surface area contributed by atoms with E-state index in [-0.39, 0.29) is 11.8 Å². The molecule has 1 aromatic carbocycles. The minimum atomic E-state index is -0.0489. The second-order valence-electron chi connectivity index (χ2n) is 5.23. The first-order valence-corrected chi connectivity index (χ1v) is 7.02. The summed E-state index contributed by atoms with van der Waals surface area (Å²) in [5, 5.41) is 6.94. The Hall–Kier alpha value is -2.37. The minimum Gasteiger partial charge on any atom is -0.493 e. The quantitative estimate of drug-likeness (QED) is 0.937. The van der Waals surface area contributed by atoms with E-state index in [9.17, 15) is 4.79 Å². The van der Waals surface area contributed by atoms with Crippen LogP contribution < -0.4 is 10.1 Å². The third-order valence-corrected chi connectivity index (χ3v) is 3.63. The third kappa shape index (κ3) is 2.89. The Bertz CT molecular complexity index is 665. The number of ether oxygens (including phenoxy) is 1. The lowest BCUT2D eigenvalue weighted by atomic mass is 9.90. The lowest BCUT2D eigenvalue weighted by Gasteiger charge is -2.25. The highest BCUT2D eigenvalue weighted by atomic mass is 16.5. The molecule has 0 radical (unpaired) electrons. The van der Waals surface area contributed by atoms with Crippen molar-refractivity contribution in [2.75, 3.05) is 11.9 Å². The molecule has 1 aliphatic heterocycles. The predicted molar refractivity (Wildman–Crippen MR) is 78.3 cm³/mol. The SMILES string of the molecule is Cc1nc(NC(=O)CC2CCOc3ccccc32)n(C)n1. The van der Waals surface area contributed by atoms with Crippen molar-refractivity contribution < 1.29 is 9.53 Å². The molecule has 1 amide bonds. The van der Waals surface area contributed by atoms with Gasteiger partial charge in [-0.3, -0.25) is 10.1 Å². The summed E-state index contributed by atoms with van der Waals surface area (Å²) in [6.45, 7) is 2.45. The summed E-state index contributed by atoms with van der Waals surface area (Å²) in [5.41, 5.74) is 1.10. The molecule has 2 aromatic rings. The van der Waals surface area contributed by atoms with Gasteiger partial charge in [-0.05, 0) is 30.9 Å². The minimum absolute atomic E-state index is 0.0489. The summed E-state index contributed by atoms with van der Waals surface area (Å²) in [5.74, 6) is 2.15.